The minimum absolute atomic E-state index is 0.123. The number of primary sulfonamides is 1. The van der Waals surface area contributed by atoms with Crippen LogP contribution in [-0.2, 0) is 16.2 Å². The zero-order chi connectivity index (χ0) is 20.7. The first kappa shape index (κ1) is 20.3. The summed E-state index contributed by atoms with van der Waals surface area (Å²) in [5, 5.41) is 7.58. The van der Waals surface area contributed by atoms with E-state index in [0.717, 1.165) is 18.9 Å². The van der Waals surface area contributed by atoms with Crippen molar-refractivity contribution in [1.29, 1.82) is 0 Å². The number of hydrogen-bond acceptors (Lipinski definition) is 3. The lowest BCUT2D eigenvalue weighted by molar-refractivity contribution is -0.138. The number of benzene rings is 2. The van der Waals surface area contributed by atoms with E-state index in [2.05, 4.69) is 5.32 Å². The molecular formula is C19H19F3N2O3S. The van der Waals surface area contributed by atoms with E-state index in [1.165, 1.54) is 24.3 Å². The van der Waals surface area contributed by atoms with Gasteiger partial charge in [-0.25, -0.2) is 13.6 Å². The van der Waals surface area contributed by atoms with Gasteiger partial charge in [0.25, 0.3) is 5.91 Å². The van der Waals surface area contributed by atoms with Crippen LogP contribution < -0.4 is 10.5 Å². The first-order valence-electron chi connectivity index (χ1n) is 8.61. The molecule has 2 aromatic carbocycles. The number of nitrogens with one attached hydrogen (secondary N) is 1. The second kappa shape index (κ2) is 7.21. The molecular weight excluding hydrogens is 393 g/mol. The number of carbonyl (C=O) groups is 1. The molecule has 1 aliphatic rings. The summed E-state index contributed by atoms with van der Waals surface area (Å²) in [5.41, 5.74) is -0.452. The van der Waals surface area contributed by atoms with Gasteiger partial charge in [-0.3, -0.25) is 4.79 Å². The molecule has 1 atom stereocenters. The van der Waals surface area contributed by atoms with Crippen molar-refractivity contribution in [3.63, 3.8) is 0 Å². The number of nitrogens with two attached hydrogens (primary N) is 1. The number of sulfonamides is 1. The fourth-order valence-electron chi connectivity index (χ4n) is 2.98. The van der Waals surface area contributed by atoms with Gasteiger partial charge in [-0.2, -0.15) is 13.2 Å². The molecule has 3 rings (SSSR count). The summed E-state index contributed by atoms with van der Waals surface area (Å²) in [6, 6.07) is 8.64. The molecule has 3 N–H and O–H groups in total. The van der Waals surface area contributed by atoms with Crippen LogP contribution in [0.25, 0.3) is 0 Å². The Hall–Kier alpha value is -2.39. The van der Waals surface area contributed by atoms with Crippen LogP contribution in [0.4, 0.5) is 13.2 Å². The summed E-state index contributed by atoms with van der Waals surface area (Å²) in [6.07, 6.45) is -2.96. The normalized spacial score (nSPS) is 15.9. The zero-order valence-electron chi connectivity index (χ0n) is 15.0. The van der Waals surface area contributed by atoms with Crippen LogP contribution in [0.15, 0.2) is 47.4 Å². The largest absolute Gasteiger partial charge is 0.417 e. The third-order valence-corrected chi connectivity index (χ3v) is 5.59. The maximum absolute atomic E-state index is 13.5. The Balaban J connectivity index is 1.87. The summed E-state index contributed by atoms with van der Waals surface area (Å²) in [6.45, 7) is 1.55. The van der Waals surface area contributed by atoms with Crippen molar-refractivity contribution in [2.45, 2.75) is 42.8 Å². The number of alkyl halides is 3. The van der Waals surface area contributed by atoms with Crippen molar-refractivity contribution in [2.75, 3.05) is 0 Å². The van der Waals surface area contributed by atoms with E-state index in [4.69, 9.17) is 5.14 Å². The predicted octanol–water partition coefficient (Wildman–Crippen LogP) is 3.72. The average molecular weight is 412 g/mol. The second-order valence-corrected chi connectivity index (χ2v) is 8.45. The maximum Gasteiger partial charge on any atom is 0.417 e. The highest BCUT2D eigenvalue weighted by atomic mass is 32.2. The Morgan fingerprint density at radius 1 is 1.18 bits per heavy atom. The van der Waals surface area contributed by atoms with Crippen molar-refractivity contribution in [3.8, 4) is 0 Å². The summed E-state index contributed by atoms with van der Waals surface area (Å²) in [4.78, 5) is 12.4. The molecule has 0 saturated heterocycles. The lowest BCUT2D eigenvalue weighted by Crippen LogP contribution is -2.29. The van der Waals surface area contributed by atoms with Gasteiger partial charge in [0.1, 0.15) is 0 Å². The maximum atomic E-state index is 13.5. The van der Waals surface area contributed by atoms with Crippen LogP contribution in [0.3, 0.4) is 0 Å². The Labute approximate surface area is 160 Å². The number of carbonyl (C=O) groups excluding carboxylic acids is 1. The third kappa shape index (κ3) is 4.53. The van der Waals surface area contributed by atoms with E-state index in [-0.39, 0.29) is 10.8 Å². The standard InChI is InChI=1S/C19H19F3N2O3S/c1-11(13-3-2-4-15(9-13)28(23,26)27)24-18(25)16-8-7-14(12-5-6-12)10-17(16)19(20,21)22/h2-4,7-12H,5-6H2,1H3,(H,24,25)(H2,23,26,27). The molecule has 1 amide bonds. The molecule has 1 saturated carbocycles. The smallest absolute Gasteiger partial charge is 0.346 e. The highest BCUT2D eigenvalue weighted by Crippen LogP contribution is 2.42. The van der Waals surface area contributed by atoms with Gasteiger partial charge in [-0.05, 0) is 61.1 Å². The van der Waals surface area contributed by atoms with Gasteiger partial charge in [-0.15, -0.1) is 0 Å². The number of amides is 1. The van der Waals surface area contributed by atoms with E-state index in [9.17, 15) is 26.4 Å². The second-order valence-electron chi connectivity index (χ2n) is 6.89. The van der Waals surface area contributed by atoms with Crippen LogP contribution in [-0.4, -0.2) is 14.3 Å². The number of hydrogen-bond donors (Lipinski definition) is 2. The molecule has 0 aromatic heterocycles. The Bertz CT molecular complexity index is 1020. The molecule has 150 valence electrons. The molecule has 5 nitrogen and oxygen atoms in total. The predicted molar refractivity (Wildman–Crippen MR) is 97.1 cm³/mol. The van der Waals surface area contributed by atoms with E-state index >= 15 is 0 Å². The fraction of sp³-hybridized carbons (Fsp3) is 0.316. The van der Waals surface area contributed by atoms with Gasteiger partial charge in [0.05, 0.1) is 22.1 Å². The van der Waals surface area contributed by atoms with E-state index in [0.29, 0.717) is 11.1 Å². The molecule has 9 heteroatoms. The molecule has 0 bridgehead atoms. The number of rotatable bonds is 5. The quantitative estimate of drug-likeness (QED) is 0.784. The highest BCUT2D eigenvalue weighted by Gasteiger charge is 2.37. The van der Waals surface area contributed by atoms with Gasteiger partial charge in [0, 0.05) is 0 Å². The lowest BCUT2D eigenvalue weighted by Gasteiger charge is -2.18. The van der Waals surface area contributed by atoms with Crippen molar-refractivity contribution in [1.82, 2.24) is 5.32 Å². The third-order valence-electron chi connectivity index (χ3n) is 4.68. The monoisotopic (exact) mass is 412 g/mol. The minimum atomic E-state index is -4.66. The molecule has 0 heterocycles. The van der Waals surface area contributed by atoms with Crippen molar-refractivity contribution in [2.24, 2.45) is 5.14 Å². The minimum Gasteiger partial charge on any atom is -0.346 e. The SMILES string of the molecule is CC(NC(=O)c1ccc(C2CC2)cc1C(F)(F)F)c1cccc(S(N)(=O)=O)c1. The molecule has 1 aliphatic carbocycles. The fourth-order valence-corrected chi connectivity index (χ4v) is 3.55. The number of halogens is 3. The molecule has 28 heavy (non-hydrogen) atoms. The van der Waals surface area contributed by atoms with Crippen LogP contribution in [0.1, 0.15) is 58.8 Å². The summed E-state index contributed by atoms with van der Waals surface area (Å²) in [5.74, 6) is -0.763. The molecule has 1 fully saturated rings. The molecule has 0 aliphatic heterocycles. The van der Waals surface area contributed by atoms with Crippen molar-refractivity contribution in [3.05, 3.63) is 64.7 Å². The molecule has 1 unspecified atom stereocenters. The van der Waals surface area contributed by atoms with Gasteiger partial charge in [0.2, 0.25) is 10.0 Å². The van der Waals surface area contributed by atoms with E-state index in [1.807, 2.05) is 0 Å². The zero-order valence-corrected chi connectivity index (χ0v) is 15.8. The summed E-state index contributed by atoms with van der Waals surface area (Å²) in [7, 11) is -3.93. The van der Waals surface area contributed by atoms with E-state index < -0.39 is 39.3 Å². The molecule has 0 spiro atoms. The average Bonchev–Trinajstić information content (AvgIpc) is 3.45. The van der Waals surface area contributed by atoms with Crippen LogP contribution >= 0.6 is 0 Å². The van der Waals surface area contributed by atoms with Gasteiger partial charge >= 0.3 is 6.18 Å². The first-order chi connectivity index (χ1) is 13.0. The summed E-state index contributed by atoms with van der Waals surface area (Å²) >= 11 is 0. The highest BCUT2D eigenvalue weighted by molar-refractivity contribution is 7.89. The lowest BCUT2D eigenvalue weighted by atomic mass is 9.99. The Morgan fingerprint density at radius 3 is 2.43 bits per heavy atom. The van der Waals surface area contributed by atoms with Crippen molar-refractivity contribution >= 4 is 15.9 Å². The first-order valence-corrected chi connectivity index (χ1v) is 10.2. The summed E-state index contributed by atoms with van der Waals surface area (Å²) < 4.78 is 63.3. The molecule has 2 aromatic rings. The van der Waals surface area contributed by atoms with Gasteiger partial charge in [-0.1, -0.05) is 18.2 Å². The van der Waals surface area contributed by atoms with Gasteiger partial charge < -0.3 is 5.32 Å². The van der Waals surface area contributed by atoms with Crippen LogP contribution in [0.5, 0.6) is 0 Å². The van der Waals surface area contributed by atoms with Crippen LogP contribution in [0.2, 0.25) is 0 Å². The van der Waals surface area contributed by atoms with E-state index in [1.54, 1.807) is 19.1 Å². The Morgan fingerprint density at radius 2 is 1.86 bits per heavy atom. The molecule has 0 radical (unpaired) electrons. The Kier molecular flexibility index (Phi) is 5.24. The van der Waals surface area contributed by atoms with Gasteiger partial charge in [0.15, 0.2) is 0 Å². The van der Waals surface area contributed by atoms with Crippen molar-refractivity contribution < 1.29 is 26.4 Å². The van der Waals surface area contributed by atoms with Crippen LogP contribution in [0, 0.1) is 0 Å². The topological polar surface area (TPSA) is 89.3 Å².